The molecule has 2 N–H and O–H groups in total. The smallest absolute Gasteiger partial charge is 0.0845 e. The van der Waals surface area contributed by atoms with E-state index in [-0.39, 0.29) is 6.61 Å². The third-order valence-electron chi connectivity index (χ3n) is 4.08. The zero-order chi connectivity index (χ0) is 15.5. The number of nitrogens with zero attached hydrogens (tertiary/aromatic N) is 2. The molecule has 3 aromatic rings. The molecule has 0 fully saturated rings. The minimum Gasteiger partial charge on any atom is -0.395 e. The lowest BCUT2D eigenvalue weighted by Crippen LogP contribution is -2.33. The van der Waals surface area contributed by atoms with Gasteiger partial charge >= 0.3 is 0 Å². The highest BCUT2D eigenvalue weighted by Gasteiger charge is 2.14. The molecular weight excluding hydrogens is 276 g/mol. The van der Waals surface area contributed by atoms with Gasteiger partial charge in [0.15, 0.2) is 0 Å². The van der Waals surface area contributed by atoms with E-state index in [1.807, 2.05) is 36.2 Å². The van der Waals surface area contributed by atoms with E-state index in [1.54, 1.807) is 0 Å². The van der Waals surface area contributed by atoms with Gasteiger partial charge in [-0.25, -0.2) is 0 Å². The highest BCUT2D eigenvalue weighted by Crippen LogP contribution is 2.28. The molecule has 1 heterocycles. The lowest BCUT2D eigenvalue weighted by molar-refractivity contribution is 0.102. The minimum atomic E-state index is -0.476. The van der Waals surface area contributed by atoms with Gasteiger partial charge in [0.25, 0.3) is 0 Å². The van der Waals surface area contributed by atoms with Crippen LogP contribution in [0.4, 0.5) is 0 Å². The van der Waals surface area contributed by atoms with Crippen molar-refractivity contribution in [3.8, 4) is 0 Å². The molecule has 0 amide bonds. The molecule has 4 nitrogen and oxygen atoms in total. The average Bonchev–Trinajstić information content (AvgIpc) is 2.82. The Morgan fingerprint density at radius 3 is 2.09 bits per heavy atom. The van der Waals surface area contributed by atoms with Gasteiger partial charge in [0.05, 0.1) is 19.3 Å². The minimum absolute atomic E-state index is 0.110. The van der Waals surface area contributed by atoms with E-state index in [2.05, 4.69) is 28.8 Å². The van der Waals surface area contributed by atoms with Gasteiger partial charge in [-0.05, 0) is 19.2 Å². The second-order valence-corrected chi connectivity index (χ2v) is 5.78. The van der Waals surface area contributed by atoms with E-state index < -0.39 is 6.10 Å². The van der Waals surface area contributed by atoms with Crippen molar-refractivity contribution in [1.29, 1.82) is 0 Å². The largest absolute Gasteiger partial charge is 0.395 e. The predicted molar refractivity (Wildman–Crippen MR) is 90.0 cm³/mol. The van der Waals surface area contributed by atoms with Crippen LogP contribution in [0.5, 0.6) is 0 Å². The monoisotopic (exact) mass is 298 g/mol. The SMILES string of the molecule is CN(CCO)C[C@@H](O)Cn1c2ccccc2c2ccccc21. The van der Waals surface area contributed by atoms with Crippen LogP contribution in [-0.4, -0.2) is 52.5 Å². The van der Waals surface area contributed by atoms with Crippen LogP contribution >= 0.6 is 0 Å². The Morgan fingerprint density at radius 2 is 1.55 bits per heavy atom. The van der Waals surface area contributed by atoms with E-state index in [4.69, 9.17) is 5.11 Å². The van der Waals surface area contributed by atoms with Crippen LogP contribution < -0.4 is 0 Å². The quantitative estimate of drug-likeness (QED) is 0.732. The van der Waals surface area contributed by atoms with Crippen molar-refractivity contribution in [2.45, 2.75) is 12.6 Å². The molecule has 1 aromatic heterocycles. The Morgan fingerprint density at radius 1 is 1.00 bits per heavy atom. The molecule has 0 aliphatic carbocycles. The van der Waals surface area contributed by atoms with E-state index in [0.717, 1.165) is 11.0 Å². The fourth-order valence-corrected chi connectivity index (χ4v) is 3.09. The van der Waals surface area contributed by atoms with E-state index in [0.29, 0.717) is 19.6 Å². The molecule has 0 spiro atoms. The fourth-order valence-electron chi connectivity index (χ4n) is 3.09. The number of hydrogen-bond donors (Lipinski definition) is 2. The zero-order valence-corrected chi connectivity index (χ0v) is 12.8. The molecule has 2 aromatic carbocycles. The summed E-state index contributed by atoms with van der Waals surface area (Å²) in [6.07, 6.45) is -0.476. The van der Waals surface area contributed by atoms with Gasteiger partial charge in [0.2, 0.25) is 0 Å². The van der Waals surface area contributed by atoms with Crippen molar-refractivity contribution in [3.63, 3.8) is 0 Å². The van der Waals surface area contributed by atoms with Crippen LogP contribution in [0.15, 0.2) is 48.5 Å². The highest BCUT2D eigenvalue weighted by molar-refractivity contribution is 6.07. The van der Waals surface area contributed by atoms with Crippen molar-refractivity contribution < 1.29 is 10.2 Å². The number of aliphatic hydroxyl groups is 2. The third-order valence-corrected chi connectivity index (χ3v) is 4.08. The molecule has 0 aliphatic rings. The molecule has 0 saturated heterocycles. The number of para-hydroxylation sites is 2. The summed E-state index contributed by atoms with van der Waals surface area (Å²) in [6, 6.07) is 16.6. The van der Waals surface area contributed by atoms with Gasteiger partial charge in [0, 0.05) is 34.9 Å². The maximum atomic E-state index is 10.4. The second-order valence-electron chi connectivity index (χ2n) is 5.78. The van der Waals surface area contributed by atoms with Gasteiger partial charge in [-0.15, -0.1) is 0 Å². The molecule has 3 rings (SSSR count). The summed E-state index contributed by atoms with van der Waals surface area (Å²) in [5.74, 6) is 0. The van der Waals surface area contributed by atoms with Crippen LogP contribution in [-0.2, 0) is 6.54 Å². The molecule has 0 unspecified atom stereocenters. The molecular formula is C18H22N2O2. The lowest BCUT2D eigenvalue weighted by Gasteiger charge is -2.20. The first-order valence-electron chi connectivity index (χ1n) is 7.64. The summed E-state index contributed by atoms with van der Waals surface area (Å²) in [5, 5.41) is 21.8. The number of aliphatic hydroxyl groups excluding tert-OH is 2. The summed E-state index contributed by atoms with van der Waals surface area (Å²) in [6.45, 7) is 1.77. The van der Waals surface area contributed by atoms with Crippen LogP contribution in [0.3, 0.4) is 0 Å². The molecule has 0 saturated carbocycles. The van der Waals surface area contributed by atoms with Gasteiger partial charge in [-0.3, -0.25) is 0 Å². The second kappa shape index (κ2) is 6.48. The van der Waals surface area contributed by atoms with Gasteiger partial charge < -0.3 is 19.7 Å². The summed E-state index contributed by atoms with van der Waals surface area (Å²) in [5.41, 5.74) is 2.29. The number of rotatable bonds is 6. The Balaban J connectivity index is 1.95. The first-order valence-corrected chi connectivity index (χ1v) is 7.64. The normalized spacial score (nSPS) is 13.3. The average molecular weight is 298 g/mol. The number of fused-ring (bicyclic) bond motifs is 3. The first kappa shape index (κ1) is 15.0. The van der Waals surface area contributed by atoms with E-state index >= 15 is 0 Å². The van der Waals surface area contributed by atoms with Gasteiger partial charge in [-0.1, -0.05) is 36.4 Å². The molecule has 22 heavy (non-hydrogen) atoms. The summed E-state index contributed by atoms with van der Waals surface area (Å²) < 4.78 is 2.18. The molecule has 0 radical (unpaired) electrons. The van der Waals surface area contributed by atoms with Gasteiger partial charge in [-0.2, -0.15) is 0 Å². The lowest BCUT2D eigenvalue weighted by atomic mass is 10.2. The Labute approximate surface area is 130 Å². The van der Waals surface area contributed by atoms with Gasteiger partial charge in [0.1, 0.15) is 0 Å². The van der Waals surface area contributed by atoms with Crippen molar-refractivity contribution >= 4 is 21.8 Å². The number of benzene rings is 2. The summed E-state index contributed by atoms with van der Waals surface area (Å²) in [4.78, 5) is 1.94. The molecule has 116 valence electrons. The standard InChI is InChI=1S/C18H22N2O2/c1-19(10-11-21)12-14(22)13-20-17-8-4-2-6-15(17)16-7-3-5-9-18(16)20/h2-9,14,21-22H,10-13H2,1H3/t14-/m1/s1. The molecule has 0 aliphatic heterocycles. The molecule has 1 atom stereocenters. The Kier molecular flexibility index (Phi) is 4.43. The third kappa shape index (κ3) is 2.86. The van der Waals surface area contributed by atoms with Crippen molar-refractivity contribution in [1.82, 2.24) is 9.47 Å². The summed E-state index contributed by atoms with van der Waals surface area (Å²) in [7, 11) is 1.91. The predicted octanol–water partition coefficient (Wildman–Crippen LogP) is 2.08. The van der Waals surface area contributed by atoms with Crippen LogP contribution in [0.25, 0.3) is 21.8 Å². The van der Waals surface area contributed by atoms with Crippen molar-refractivity contribution in [2.75, 3.05) is 26.7 Å². The fraction of sp³-hybridized carbons (Fsp3) is 0.333. The number of aromatic nitrogens is 1. The van der Waals surface area contributed by atoms with Crippen LogP contribution in [0.2, 0.25) is 0 Å². The van der Waals surface area contributed by atoms with Crippen LogP contribution in [0, 0.1) is 0 Å². The molecule has 4 heteroatoms. The van der Waals surface area contributed by atoms with E-state index in [1.165, 1.54) is 10.8 Å². The number of likely N-dealkylation sites (N-methyl/N-ethyl adjacent to an activating group) is 1. The maximum Gasteiger partial charge on any atom is 0.0845 e. The maximum absolute atomic E-state index is 10.4. The highest BCUT2D eigenvalue weighted by atomic mass is 16.3. The van der Waals surface area contributed by atoms with E-state index in [9.17, 15) is 5.11 Å². The molecule has 0 bridgehead atoms. The Hall–Kier alpha value is -1.88. The number of hydrogen-bond acceptors (Lipinski definition) is 3. The first-order chi connectivity index (χ1) is 10.7. The zero-order valence-electron chi connectivity index (χ0n) is 12.8. The van der Waals surface area contributed by atoms with Crippen LogP contribution in [0.1, 0.15) is 0 Å². The Bertz CT molecular complexity index is 713. The van der Waals surface area contributed by atoms with Crippen molar-refractivity contribution in [3.05, 3.63) is 48.5 Å². The summed E-state index contributed by atoms with van der Waals surface area (Å²) >= 11 is 0. The topological polar surface area (TPSA) is 48.6 Å². The van der Waals surface area contributed by atoms with Crippen molar-refractivity contribution in [2.24, 2.45) is 0 Å².